The number of aryl methyl sites for hydroxylation is 1. The van der Waals surface area contributed by atoms with Gasteiger partial charge in [-0.3, -0.25) is 4.79 Å². The van der Waals surface area contributed by atoms with Gasteiger partial charge in [0.05, 0.1) is 23.9 Å². The van der Waals surface area contributed by atoms with E-state index in [0.29, 0.717) is 17.3 Å². The second-order valence-corrected chi connectivity index (χ2v) is 7.50. The van der Waals surface area contributed by atoms with Crippen LogP contribution in [0.25, 0.3) is 11.0 Å². The lowest BCUT2D eigenvalue weighted by molar-refractivity contribution is -0.127. The van der Waals surface area contributed by atoms with E-state index in [1.807, 2.05) is 30.3 Å². The molecular formula is C20H22ClN3O2S. The van der Waals surface area contributed by atoms with E-state index in [4.69, 9.17) is 16.3 Å². The van der Waals surface area contributed by atoms with Crippen LogP contribution in [-0.2, 0) is 17.9 Å². The molecule has 3 rings (SSSR count). The van der Waals surface area contributed by atoms with Crippen LogP contribution in [0.4, 0.5) is 0 Å². The van der Waals surface area contributed by atoms with E-state index in [1.165, 1.54) is 11.8 Å². The van der Waals surface area contributed by atoms with Crippen LogP contribution < -0.4 is 4.74 Å². The van der Waals surface area contributed by atoms with Crippen LogP contribution >= 0.6 is 23.4 Å². The van der Waals surface area contributed by atoms with Gasteiger partial charge in [-0.2, -0.15) is 0 Å². The van der Waals surface area contributed by atoms with E-state index in [1.54, 1.807) is 25.1 Å². The molecule has 0 atom stereocenters. The minimum Gasteiger partial charge on any atom is -0.496 e. The lowest BCUT2D eigenvalue weighted by Gasteiger charge is -2.19. The van der Waals surface area contributed by atoms with Crippen molar-refractivity contribution in [1.82, 2.24) is 14.5 Å². The summed E-state index contributed by atoms with van der Waals surface area (Å²) in [5.74, 6) is 1.07. The predicted molar refractivity (Wildman–Crippen MR) is 111 cm³/mol. The maximum Gasteiger partial charge on any atom is 0.233 e. The van der Waals surface area contributed by atoms with Gasteiger partial charge < -0.3 is 14.2 Å². The highest BCUT2D eigenvalue weighted by Crippen LogP contribution is 2.26. The Labute approximate surface area is 168 Å². The summed E-state index contributed by atoms with van der Waals surface area (Å²) in [5.41, 5.74) is 2.92. The van der Waals surface area contributed by atoms with Crippen molar-refractivity contribution in [3.05, 3.63) is 53.1 Å². The van der Waals surface area contributed by atoms with Gasteiger partial charge in [0, 0.05) is 30.7 Å². The monoisotopic (exact) mass is 403 g/mol. The van der Waals surface area contributed by atoms with Gasteiger partial charge in [0.25, 0.3) is 0 Å². The first-order valence-corrected chi connectivity index (χ1v) is 10.0. The lowest BCUT2D eigenvalue weighted by Crippen LogP contribution is -2.28. The number of hydrogen-bond acceptors (Lipinski definition) is 4. The first kappa shape index (κ1) is 19.6. The number of nitrogens with zero attached hydrogens (tertiary/aromatic N) is 3. The van der Waals surface area contributed by atoms with Crippen LogP contribution in [0.1, 0.15) is 12.5 Å². The molecule has 0 fully saturated rings. The number of halogens is 1. The number of benzene rings is 2. The summed E-state index contributed by atoms with van der Waals surface area (Å²) in [6.07, 6.45) is 0. The quantitative estimate of drug-likeness (QED) is 0.546. The molecule has 0 aliphatic carbocycles. The van der Waals surface area contributed by atoms with Gasteiger partial charge in [-0.25, -0.2) is 4.98 Å². The Morgan fingerprint density at radius 2 is 2.07 bits per heavy atom. The second kappa shape index (κ2) is 8.67. The minimum atomic E-state index is 0.0248. The average Bonchev–Trinajstić information content (AvgIpc) is 3.03. The Bertz CT molecular complexity index is 958. The molecule has 3 aromatic rings. The smallest absolute Gasteiger partial charge is 0.233 e. The highest BCUT2D eigenvalue weighted by molar-refractivity contribution is 7.99. The number of para-hydroxylation sites is 2. The molecule has 0 saturated carbocycles. The molecule has 0 radical (unpaired) electrons. The van der Waals surface area contributed by atoms with Gasteiger partial charge in [-0.1, -0.05) is 35.5 Å². The number of thioether (sulfide) groups is 1. The summed E-state index contributed by atoms with van der Waals surface area (Å²) in [4.78, 5) is 19.0. The Morgan fingerprint density at radius 3 is 2.81 bits per heavy atom. The number of carbonyl (C=O) groups excluding carboxylic acids is 1. The molecule has 142 valence electrons. The Morgan fingerprint density at radius 1 is 1.30 bits per heavy atom. The number of aromatic nitrogens is 2. The molecule has 7 heteroatoms. The number of fused-ring (bicyclic) bond motifs is 1. The molecule has 0 aliphatic heterocycles. The third kappa shape index (κ3) is 4.39. The van der Waals surface area contributed by atoms with Crippen LogP contribution in [0.3, 0.4) is 0 Å². The van der Waals surface area contributed by atoms with Crippen molar-refractivity contribution in [2.24, 2.45) is 0 Å². The molecule has 1 aromatic heterocycles. The number of rotatable bonds is 7. The molecule has 2 aromatic carbocycles. The molecule has 1 heterocycles. The van der Waals surface area contributed by atoms with Crippen molar-refractivity contribution < 1.29 is 9.53 Å². The number of amides is 1. The van der Waals surface area contributed by atoms with E-state index < -0.39 is 0 Å². The standard InChI is InChI=1S/C20H22ClN3O2S/c1-4-24-17-8-6-5-7-16(17)22-20(24)27-13-19(25)23(2)12-14-11-15(21)9-10-18(14)26-3/h5-11H,4,12-13H2,1-3H3. The van der Waals surface area contributed by atoms with Crippen LogP contribution in [0, 0.1) is 0 Å². The summed E-state index contributed by atoms with van der Waals surface area (Å²) >= 11 is 7.54. The third-order valence-electron chi connectivity index (χ3n) is 4.34. The molecule has 0 unspecified atom stereocenters. The van der Waals surface area contributed by atoms with Crippen molar-refractivity contribution in [3.63, 3.8) is 0 Å². The molecule has 1 amide bonds. The molecule has 0 aliphatic rings. The predicted octanol–water partition coefficient (Wildman–Crippen LogP) is 4.47. The SMILES string of the molecule is CCn1c(SCC(=O)N(C)Cc2cc(Cl)ccc2OC)nc2ccccc21. The Kier molecular flexibility index (Phi) is 6.29. The molecule has 0 N–H and O–H groups in total. The highest BCUT2D eigenvalue weighted by Gasteiger charge is 2.16. The summed E-state index contributed by atoms with van der Waals surface area (Å²) in [6, 6.07) is 13.4. The third-order valence-corrected chi connectivity index (χ3v) is 5.53. The van der Waals surface area contributed by atoms with Gasteiger partial charge in [0.1, 0.15) is 5.75 Å². The van der Waals surface area contributed by atoms with Crippen molar-refractivity contribution in [2.45, 2.75) is 25.2 Å². The fraction of sp³-hybridized carbons (Fsp3) is 0.300. The van der Waals surface area contributed by atoms with Gasteiger partial charge in [-0.05, 0) is 37.3 Å². The zero-order chi connectivity index (χ0) is 19.4. The number of methoxy groups -OCH3 is 1. The zero-order valence-corrected chi connectivity index (χ0v) is 17.2. The van der Waals surface area contributed by atoms with Gasteiger partial charge >= 0.3 is 0 Å². The molecule has 0 bridgehead atoms. The van der Waals surface area contributed by atoms with E-state index in [-0.39, 0.29) is 5.91 Å². The summed E-state index contributed by atoms with van der Waals surface area (Å²) in [7, 11) is 3.39. The fourth-order valence-electron chi connectivity index (χ4n) is 2.92. The van der Waals surface area contributed by atoms with Crippen LogP contribution in [-0.4, -0.2) is 40.3 Å². The number of imidazole rings is 1. The van der Waals surface area contributed by atoms with E-state index in [2.05, 4.69) is 22.5 Å². The normalized spacial score (nSPS) is 11.0. The van der Waals surface area contributed by atoms with Crippen molar-refractivity contribution in [2.75, 3.05) is 19.9 Å². The molecule has 0 saturated heterocycles. The fourth-order valence-corrected chi connectivity index (χ4v) is 4.13. The largest absolute Gasteiger partial charge is 0.496 e. The maximum atomic E-state index is 12.6. The van der Waals surface area contributed by atoms with Gasteiger partial charge in [-0.15, -0.1) is 0 Å². The van der Waals surface area contributed by atoms with Gasteiger partial charge in [0.2, 0.25) is 5.91 Å². The molecular weight excluding hydrogens is 382 g/mol. The zero-order valence-electron chi connectivity index (χ0n) is 15.6. The Hall–Kier alpha value is -2.18. The van der Waals surface area contributed by atoms with Crippen molar-refractivity contribution in [3.8, 4) is 5.75 Å². The lowest BCUT2D eigenvalue weighted by atomic mass is 10.2. The van der Waals surface area contributed by atoms with Crippen LogP contribution in [0.2, 0.25) is 5.02 Å². The first-order valence-electron chi connectivity index (χ1n) is 8.68. The van der Waals surface area contributed by atoms with Crippen LogP contribution in [0.15, 0.2) is 47.6 Å². The van der Waals surface area contributed by atoms with E-state index >= 15 is 0 Å². The van der Waals surface area contributed by atoms with Gasteiger partial charge in [0.15, 0.2) is 5.16 Å². The average molecular weight is 404 g/mol. The van der Waals surface area contributed by atoms with E-state index in [0.717, 1.165) is 34.0 Å². The summed E-state index contributed by atoms with van der Waals surface area (Å²) in [5, 5.41) is 1.48. The molecule has 5 nitrogen and oxygen atoms in total. The second-order valence-electron chi connectivity index (χ2n) is 6.12. The molecule has 27 heavy (non-hydrogen) atoms. The number of hydrogen-bond donors (Lipinski definition) is 0. The van der Waals surface area contributed by atoms with Crippen LogP contribution in [0.5, 0.6) is 5.75 Å². The van der Waals surface area contributed by atoms with Crippen molar-refractivity contribution in [1.29, 1.82) is 0 Å². The van der Waals surface area contributed by atoms with Crippen molar-refractivity contribution >= 4 is 40.3 Å². The number of carbonyl (C=O) groups is 1. The summed E-state index contributed by atoms with van der Waals surface area (Å²) < 4.78 is 7.49. The Balaban J connectivity index is 1.68. The highest BCUT2D eigenvalue weighted by atomic mass is 35.5. The number of ether oxygens (including phenoxy) is 1. The minimum absolute atomic E-state index is 0.0248. The van der Waals surface area contributed by atoms with E-state index in [9.17, 15) is 4.79 Å². The maximum absolute atomic E-state index is 12.6. The first-order chi connectivity index (χ1) is 13.0. The topological polar surface area (TPSA) is 47.4 Å². The summed E-state index contributed by atoms with van der Waals surface area (Å²) in [6.45, 7) is 3.33. The molecule has 0 spiro atoms.